The van der Waals surface area contributed by atoms with Crippen molar-refractivity contribution in [2.45, 2.75) is 58.6 Å². The number of Topliss-reactive ketones (excluding diaryl/α,β-unsaturated/α-hetero) is 1. The van der Waals surface area contributed by atoms with E-state index in [9.17, 15) is 9.59 Å². The molecule has 1 saturated heterocycles. The summed E-state index contributed by atoms with van der Waals surface area (Å²) in [7, 11) is 0. The van der Waals surface area contributed by atoms with Gasteiger partial charge in [0.25, 0.3) is 0 Å². The highest BCUT2D eigenvalue weighted by atomic mass is 35.5. The molecular weight excluding hydrogens is 450 g/mol. The highest BCUT2D eigenvalue weighted by Crippen LogP contribution is 2.39. The van der Waals surface area contributed by atoms with Crippen LogP contribution in [0, 0.1) is 5.92 Å². The maximum absolute atomic E-state index is 12.9. The Morgan fingerprint density at radius 1 is 1.09 bits per heavy atom. The number of benzene rings is 1. The van der Waals surface area contributed by atoms with Crippen LogP contribution < -0.4 is 0 Å². The lowest BCUT2D eigenvalue weighted by molar-refractivity contribution is -0.123. The summed E-state index contributed by atoms with van der Waals surface area (Å²) in [5.74, 6) is -0.291. The molecule has 4 rings (SSSR count). The molecular formula is C27H30ClN3O3. The number of pyridine rings is 2. The predicted molar refractivity (Wildman–Crippen MR) is 134 cm³/mol. The molecule has 0 radical (unpaired) electrons. The second kappa shape index (κ2) is 9.34. The van der Waals surface area contributed by atoms with Gasteiger partial charge in [-0.3, -0.25) is 14.8 Å². The molecule has 1 aliphatic heterocycles. The third kappa shape index (κ3) is 5.22. The summed E-state index contributed by atoms with van der Waals surface area (Å²) in [6, 6.07) is 11.5. The lowest BCUT2D eigenvalue weighted by Crippen LogP contribution is -2.50. The van der Waals surface area contributed by atoms with Crippen LogP contribution in [0.15, 0.2) is 48.8 Å². The van der Waals surface area contributed by atoms with Crippen molar-refractivity contribution in [1.82, 2.24) is 14.9 Å². The number of aromatic nitrogens is 2. The zero-order valence-corrected chi connectivity index (χ0v) is 21.0. The van der Waals surface area contributed by atoms with Gasteiger partial charge in [0, 0.05) is 47.4 Å². The Bertz CT molecular complexity index is 1240. The van der Waals surface area contributed by atoms with Crippen molar-refractivity contribution < 1.29 is 14.3 Å². The van der Waals surface area contributed by atoms with Gasteiger partial charge in [0.2, 0.25) is 0 Å². The van der Waals surface area contributed by atoms with Gasteiger partial charge in [0.05, 0.1) is 11.0 Å². The summed E-state index contributed by atoms with van der Waals surface area (Å²) in [4.78, 5) is 36.2. The van der Waals surface area contributed by atoms with Crippen molar-refractivity contribution >= 4 is 34.5 Å². The fraction of sp³-hybridized carbons (Fsp3) is 0.407. The summed E-state index contributed by atoms with van der Waals surface area (Å²) in [5.41, 5.74) is 3.73. The Kier molecular flexibility index (Phi) is 6.63. The molecule has 2 aromatic heterocycles. The van der Waals surface area contributed by atoms with Gasteiger partial charge >= 0.3 is 6.09 Å². The van der Waals surface area contributed by atoms with E-state index in [4.69, 9.17) is 16.3 Å². The molecule has 7 heteroatoms. The van der Waals surface area contributed by atoms with Gasteiger partial charge in [-0.25, -0.2) is 4.79 Å². The molecule has 3 heterocycles. The molecule has 34 heavy (non-hydrogen) atoms. The molecule has 0 bridgehead atoms. The molecule has 1 unspecified atom stereocenters. The van der Waals surface area contributed by atoms with Crippen LogP contribution >= 0.6 is 11.6 Å². The number of fused-ring (bicyclic) bond motifs is 1. The number of rotatable bonds is 3. The standard InChI is InChI=1S/C27H30ClN3O3/c1-16-9-22(17(2)32)23(15-31(16)26(33)34-27(3,4)5)19-10-18(11-21(28)12-19)20-13-25-24(30-14-20)7-6-8-29-25/h6-8,10-14,16,22-23H,9,15H2,1-5H3/t16-,22?,23-/m0/s1. The van der Waals surface area contributed by atoms with Crippen LogP contribution in [0.2, 0.25) is 5.02 Å². The molecule has 178 valence electrons. The molecule has 3 atom stereocenters. The number of amides is 1. The van der Waals surface area contributed by atoms with Gasteiger partial charge in [0.15, 0.2) is 0 Å². The molecule has 3 aromatic rings. The molecule has 0 spiro atoms. The number of ether oxygens (including phenoxy) is 1. The van der Waals surface area contributed by atoms with Crippen molar-refractivity contribution in [3.8, 4) is 11.1 Å². The van der Waals surface area contributed by atoms with Gasteiger partial charge < -0.3 is 9.64 Å². The van der Waals surface area contributed by atoms with Crippen LogP contribution in [0.5, 0.6) is 0 Å². The lowest BCUT2D eigenvalue weighted by Gasteiger charge is -2.42. The summed E-state index contributed by atoms with van der Waals surface area (Å²) in [6.07, 6.45) is 3.75. The Morgan fingerprint density at radius 2 is 1.85 bits per heavy atom. The summed E-state index contributed by atoms with van der Waals surface area (Å²) in [5, 5.41) is 0.568. The second-order valence-corrected chi connectivity index (χ2v) is 10.5. The number of carbonyl (C=O) groups is 2. The number of halogens is 1. The van der Waals surface area contributed by atoms with Crippen LogP contribution in [0.1, 0.15) is 52.5 Å². The minimum Gasteiger partial charge on any atom is -0.444 e. The number of likely N-dealkylation sites (tertiary alicyclic amines) is 1. The van der Waals surface area contributed by atoms with E-state index in [1.165, 1.54) is 0 Å². The number of hydrogen-bond donors (Lipinski definition) is 0. The van der Waals surface area contributed by atoms with Crippen molar-refractivity contribution in [2.75, 3.05) is 6.54 Å². The number of carbonyl (C=O) groups excluding carboxylic acids is 2. The fourth-order valence-corrected chi connectivity index (χ4v) is 4.89. The van der Waals surface area contributed by atoms with Crippen LogP contribution in [0.4, 0.5) is 4.79 Å². The smallest absolute Gasteiger partial charge is 0.410 e. The molecule has 0 aliphatic carbocycles. The highest BCUT2D eigenvalue weighted by Gasteiger charge is 2.40. The van der Waals surface area contributed by atoms with E-state index in [1.54, 1.807) is 24.2 Å². The van der Waals surface area contributed by atoms with Gasteiger partial charge in [-0.05, 0) is 82.5 Å². The topological polar surface area (TPSA) is 72.4 Å². The third-order valence-electron chi connectivity index (χ3n) is 6.29. The van der Waals surface area contributed by atoms with Crippen molar-refractivity contribution in [2.24, 2.45) is 5.92 Å². The van der Waals surface area contributed by atoms with E-state index in [2.05, 4.69) is 9.97 Å². The molecule has 1 amide bonds. The first-order valence-corrected chi connectivity index (χ1v) is 11.9. The number of piperidine rings is 1. The normalized spacial score (nSPS) is 20.9. The van der Waals surface area contributed by atoms with Crippen molar-refractivity contribution in [3.05, 3.63) is 59.4 Å². The molecule has 0 N–H and O–H groups in total. The van der Waals surface area contributed by atoms with Gasteiger partial charge in [-0.15, -0.1) is 0 Å². The highest BCUT2D eigenvalue weighted by molar-refractivity contribution is 6.31. The Balaban J connectivity index is 1.72. The number of hydrogen-bond acceptors (Lipinski definition) is 5. The Morgan fingerprint density at radius 3 is 2.56 bits per heavy atom. The van der Waals surface area contributed by atoms with Crippen molar-refractivity contribution in [3.63, 3.8) is 0 Å². The first-order valence-electron chi connectivity index (χ1n) is 11.5. The number of nitrogens with zero attached hydrogens (tertiary/aromatic N) is 3. The van der Waals surface area contributed by atoms with E-state index >= 15 is 0 Å². The summed E-state index contributed by atoms with van der Waals surface area (Å²) >= 11 is 6.55. The molecule has 0 saturated carbocycles. The Hall–Kier alpha value is -2.99. The lowest BCUT2D eigenvalue weighted by atomic mass is 9.76. The first-order chi connectivity index (χ1) is 16.0. The quantitative estimate of drug-likeness (QED) is 0.442. The van der Waals surface area contributed by atoms with E-state index in [0.29, 0.717) is 18.0 Å². The molecule has 1 fully saturated rings. The maximum Gasteiger partial charge on any atom is 0.410 e. The maximum atomic E-state index is 12.9. The zero-order valence-electron chi connectivity index (χ0n) is 20.2. The second-order valence-electron chi connectivity index (χ2n) is 10.1. The average molecular weight is 480 g/mol. The van der Waals surface area contributed by atoms with Crippen LogP contribution in [0.3, 0.4) is 0 Å². The number of ketones is 1. The summed E-state index contributed by atoms with van der Waals surface area (Å²) in [6.45, 7) is 9.53. The SMILES string of the molecule is CC(=O)C1C[C@H](C)N(C(=O)OC(C)(C)C)C[C@H]1c1cc(Cl)cc(-c2cnc3cccnc3c2)c1. The third-order valence-corrected chi connectivity index (χ3v) is 6.51. The van der Waals surface area contributed by atoms with Gasteiger partial charge in [0.1, 0.15) is 11.4 Å². The molecule has 1 aliphatic rings. The van der Waals surface area contributed by atoms with Crippen LogP contribution in [-0.2, 0) is 9.53 Å². The minimum atomic E-state index is -0.593. The monoisotopic (exact) mass is 479 g/mol. The minimum absolute atomic E-state index is 0.102. The van der Waals surface area contributed by atoms with Gasteiger partial charge in [-0.2, -0.15) is 0 Å². The molecule has 6 nitrogen and oxygen atoms in total. The average Bonchev–Trinajstić information content (AvgIpc) is 2.76. The van der Waals surface area contributed by atoms with E-state index in [1.807, 2.05) is 64.1 Å². The molecule has 1 aromatic carbocycles. The first kappa shape index (κ1) is 24.1. The predicted octanol–water partition coefficient (Wildman–Crippen LogP) is 6.27. The van der Waals surface area contributed by atoms with E-state index in [-0.39, 0.29) is 29.8 Å². The van der Waals surface area contributed by atoms with Gasteiger partial charge in [-0.1, -0.05) is 17.7 Å². The largest absolute Gasteiger partial charge is 0.444 e. The van der Waals surface area contributed by atoms with E-state index < -0.39 is 5.60 Å². The summed E-state index contributed by atoms with van der Waals surface area (Å²) < 4.78 is 5.65. The zero-order chi connectivity index (χ0) is 24.6. The fourth-order valence-electron chi connectivity index (χ4n) is 4.64. The van der Waals surface area contributed by atoms with Crippen LogP contribution in [0.25, 0.3) is 22.2 Å². The van der Waals surface area contributed by atoms with Crippen LogP contribution in [-0.4, -0.2) is 44.9 Å². The van der Waals surface area contributed by atoms with Crippen molar-refractivity contribution in [1.29, 1.82) is 0 Å². The Labute approximate surface area is 205 Å². The van der Waals surface area contributed by atoms with E-state index in [0.717, 1.165) is 27.7 Å².